The number of imidazole rings is 1. The Morgan fingerprint density at radius 2 is 1.88 bits per heavy atom. The molecule has 1 aromatic carbocycles. The fraction of sp³-hybridized carbons (Fsp3) is 0.167. The number of aromatic nitrogens is 3. The number of carbonyl (C=O) groups excluding carboxylic acids is 1. The molecule has 0 saturated heterocycles. The van der Waals surface area contributed by atoms with Crippen LogP contribution in [0.25, 0.3) is 0 Å². The Kier molecular flexibility index (Phi) is 5.14. The Labute approximate surface area is 154 Å². The van der Waals surface area contributed by atoms with E-state index in [1.54, 1.807) is 18.5 Å². The van der Waals surface area contributed by atoms with E-state index in [4.69, 9.17) is 0 Å². The Morgan fingerprint density at radius 1 is 1.12 bits per heavy atom. The SMILES string of the molecule is Cc1nccn1[C@@H](C)c1ccc(NC(=O)Nc2ccc(Br)cn2)cc1. The largest absolute Gasteiger partial charge is 0.328 e. The van der Waals surface area contributed by atoms with Crippen LogP contribution in [0.2, 0.25) is 0 Å². The summed E-state index contributed by atoms with van der Waals surface area (Å²) in [5.74, 6) is 1.46. The summed E-state index contributed by atoms with van der Waals surface area (Å²) < 4.78 is 2.96. The predicted octanol–water partition coefficient (Wildman–Crippen LogP) is 4.60. The topological polar surface area (TPSA) is 71.8 Å². The third-order valence-electron chi connectivity index (χ3n) is 3.90. The zero-order valence-corrected chi connectivity index (χ0v) is 15.5. The molecule has 0 aliphatic rings. The fourth-order valence-electron chi connectivity index (χ4n) is 2.53. The van der Waals surface area contributed by atoms with E-state index < -0.39 is 0 Å². The number of carbonyl (C=O) groups is 1. The highest BCUT2D eigenvalue weighted by molar-refractivity contribution is 9.10. The summed E-state index contributed by atoms with van der Waals surface area (Å²) in [6.07, 6.45) is 5.39. The third-order valence-corrected chi connectivity index (χ3v) is 4.37. The summed E-state index contributed by atoms with van der Waals surface area (Å²) in [7, 11) is 0. The van der Waals surface area contributed by atoms with Crippen molar-refractivity contribution in [2.24, 2.45) is 0 Å². The summed E-state index contributed by atoms with van der Waals surface area (Å²) in [6.45, 7) is 4.09. The average molecular weight is 400 g/mol. The molecule has 0 aliphatic carbocycles. The fourth-order valence-corrected chi connectivity index (χ4v) is 2.77. The number of pyridine rings is 1. The first kappa shape index (κ1) is 17.2. The van der Waals surface area contributed by atoms with Crippen LogP contribution in [0, 0.1) is 6.92 Å². The van der Waals surface area contributed by atoms with Gasteiger partial charge < -0.3 is 9.88 Å². The second-order valence-corrected chi connectivity index (χ2v) is 6.54. The van der Waals surface area contributed by atoms with Crippen molar-refractivity contribution in [3.8, 4) is 0 Å². The standard InChI is InChI=1S/C18H18BrN5O/c1-12(24-10-9-20-13(24)2)14-3-6-16(7-4-14)22-18(25)23-17-8-5-15(19)11-21-17/h3-12H,1-2H3,(H2,21,22,23,25)/t12-/m0/s1. The number of hydrogen-bond acceptors (Lipinski definition) is 3. The third kappa shape index (κ3) is 4.24. The summed E-state index contributed by atoms with van der Waals surface area (Å²) in [6, 6.07) is 11.1. The molecule has 128 valence electrons. The van der Waals surface area contributed by atoms with E-state index in [0.717, 1.165) is 15.9 Å². The maximum absolute atomic E-state index is 12.0. The Bertz CT molecular complexity index is 858. The molecule has 2 N–H and O–H groups in total. The van der Waals surface area contributed by atoms with E-state index in [0.29, 0.717) is 11.5 Å². The molecule has 0 saturated carbocycles. The highest BCUT2D eigenvalue weighted by Crippen LogP contribution is 2.21. The molecule has 0 aliphatic heterocycles. The molecule has 1 atom stereocenters. The molecule has 0 fully saturated rings. The lowest BCUT2D eigenvalue weighted by Crippen LogP contribution is -2.20. The van der Waals surface area contributed by atoms with Crippen molar-refractivity contribution in [1.29, 1.82) is 0 Å². The highest BCUT2D eigenvalue weighted by Gasteiger charge is 2.10. The summed E-state index contributed by atoms with van der Waals surface area (Å²) in [4.78, 5) is 20.4. The number of halogens is 1. The number of amides is 2. The minimum absolute atomic E-state index is 0.178. The zero-order chi connectivity index (χ0) is 17.8. The molecule has 3 aromatic rings. The minimum Gasteiger partial charge on any atom is -0.328 e. The smallest absolute Gasteiger partial charge is 0.324 e. The molecule has 7 heteroatoms. The van der Waals surface area contributed by atoms with E-state index >= 15 is 0 Å². The lowest BCUT2D eigenvalue weighted by Gasteiger charge is -2.16. The summed E-state index contributed by atoms with van der Waals surface area (Å²) in [5, 5.41) is 5.49. The summed E-state index contributed by atoms with van der Waals surface area (Å²) in [5.41, 5.74) is 1.86. The average Bonchev–Trinajstić information content (AvgIpc) is 3.03. The van der Waals surface area contributed by atoms with Crippen molar-refractivity contribution in [3.63, 3.8) is 0 Å². The molecule has 2 amide bonds. The molecule has 0 radical (unpaired) electrons. The van der Waals surface area contributed by atoms with Gasteiger partial charge in [-0.15, -0.1) is 0 Å². The van der Waals surface area contributed by atoms with Crippen LogP contribution in [0.4, 0.5) is 16.3 Å². The van der Waals surface area contributed by atoms with Crippen LogP contribution in [-0.4, -0.2) is 20.6 Å². The molecule has 3 rings (SSSR count). The number of rotatable bonds is 4. The normalized spacial score (nSPS) is 11.8. The van der Waals surface area contributed by atoms with Crippen molar-refractivity contribution >= 4 is 33.5 Å². The number of nitrogens with one attached hydrogen (secondary N) is 2. The van der Waals surface area contributed by atoms with Crippen molar-refractivity contribution < 1.29 is 4.79 Å². The van der Waals surface area contributed by atoms with Crippen LogP contribution in [0.1, 0.15) is 24.4 Å². The van der Waals surface area contributed by atoms with E-state index in [2.05, 4.69) is 48.0 Å². The molecule has 2 heterocycles. The van der Waals surface area contributed by atoms with Gasteiger partial charge in [0.25, 0.3) is 0 Å². The van der Waals surface area contributed by atoms with E-state index in [1.807, 2.05) is 43.5 Å². The number of aryl methyl sites for hydroxylation is 1. The van der Waals surface area contributed by atoms with Crippen LogP contribution < -0.4 is 10.6 Å². The van der Waals surface area contributed by atoms with Crippen LogP contribution in [0.3, 0.4) is 0 Å². The van der Waals surface area contributed by atoms with Crippen LogP contribution in [0.15, 0.2) is 59.5 Å². The van der Waals surface area contributed by atoms with Crippen LogP contribution in [-0.2, 0) is 0 Å². The molecule has 0 bridgehead atoms. The van der Waals surface area contributed by atoms with E-state index in [9.17, 15) is 4.79 Å². The monoisotopic (exact) mass is 399 g/mol. The maximum atomic E-state index is 12.0. The molecule has 25 heavy (non-hydrogen) atoms. The van der Waals surface area contributed by atoms with Gasteiger partial charge in [-0.2, -0.15) is 0 Å². The van der Waals surface area contributed by atoms with Gasteiger partial charge >= 0.3 is 6.03 Å². The van der Waals surface area contributed by atoms with E-state index in [1.165, 1.54) is 0 Å². The maximum Gasteiger partial charge on any atom is 0.324 e. The van der Waals surface area contributed by atoms with Crippen LogP contribution in [0.5, 0.6) is 0 Å². The molecule has 0 unspecified atom stereocenters. The van der Waals surface area contributed by atoms with Gasteiger partial charge in [-0.3, -0.25) is 5.32 Å². The first-order valence-corrected chi connectivity index (χ1v) is 8.61. The van der Waals surface area contributed by atoms with Gasteiger partial charge in [0.2, 0.25) is 0 Å². The number of nitrogens with zero attached hydrogens (tertiary/aromatic N) is 3. The van der Waals surface area contributed by atoms with Crippen molar-refractivity contribution in [2.45, 2.75) is 19.9 Å². The number of hydrogen-bond donors (Lipinski definition) is 2. The van der Waals surface area contributed by atoms with Gasteiger partial charge in [-0.05, 0) is 59.6 Å². The second-order valence-electron chi connectivity index (χ2n) is 5.62. The highest BCUT2D eigenvalue weighted by atomic mass is 79.9. The summed E-state index contributed by atoms with van der Waals surface area (Å²) >= 11 is 3.31. The molecule has 0 spiro atoms. The number of urea groups is 1. The first-order chi connectivity index (χ1) is 12.0. The van der Waals surface area contributed by atoms with Gasteiger partial charge in [0.15, 0.2) is 0 Å². The van der Waals surface area contributed by atoms with Crippen molar-refractivity contribution in [2.75, 3.05) is 10.6 Å². The zero-order valence-electron chi connectivity index (χ0n) is 13.9. The van der Waals surface area contributed by atoms with Gasteiger partial charge in [0, 0.05) is 28.8 Å². The van der Waals surface area contributed by atoms with Gasteiger partial charge in [-0.1, -0.05) is 12.1 Å². The lowest BCUT2D eigenvalue weighted by molar-refractivity contribution is 0.262. The molecule has 2 aromatic heterocycles. The quantitative estimate of drug-likeness (QED) is 0.672. The lowest BCUT2D eigenvalue weighted by atomic mass is 10.1. The van der Waals surface area contributed by atoms with E-state index in [-0.39, 0.29) is 12.1 Å². The Balaban J connectivity index is 1.63. The van der Waals surface area contributed by atoms with Crippen molar-refractivity contribution in [1.82, 2.24) is 14.5 Å². The Morgan fingerprint density at radius 3 is 2.48 bits per heavy atom. The number of anilines is 2. The predicted molar refractivity (Wildman–Crippen MR) is 102 cm³/mol. The van der Waals surface area contributed by atoms with Gasteiger partial charge in [0.1, 0.15) is 11.6 Å². The number of benzene rings is 1. The molecular formula is C18H18BrN5O. The molecular weight excluding hydrogens is 382 g/mol. The first-order valence-electron chi connectivity index (χ1n) is 7.82. The minimum atomic E-state index is -0.332. The molecule has 6 nitrogen and oxygen atoms in total. The van der Waals surface area contributed by atoms with Gasteiger partial charge in [-0.25, -0.2) is 14.8 Å². The van der Waals surface area contributed by atoms with Gasteiger partial charge in [0.05, 0.1) is 6.04 Å². The van der Waals surface area contributed by atoms with Crippen LogP contribution >= 0.6 is 15.9 Å². The second kappa shape index (κ2) is 7.48. The van der Waals surface area contributed by atoms with Crippen molar-refractivity contribution in [3.05, 3.63) is 70.8 Å². The Hall–Kier alpha value is -2.67.